The SMILES string of the molecule is C=CCCCCC[C@H](NC(=O)OC1CCCC1)C(=O)N1C[C@H](O)C[C@H]1C(=O)C[C@]1(C(=O)OC)C[C@H]1C=C.CC(C)[OH+]c1ccc([N+](=O)[O-])cc1[CH]=[Ru]([Cl])[Cl].COC(=O)[C@]12CC(=O)[C@@H]3C[C@@H](O)CN3C(=O)[C@@H](NC(=O)OC3CCCC3)CCCCC/C=C\[C@@H]1C2.Cc1cc(C)c(N2[CH-]N(c3c(C)cc(C)cc3C)CC2)c(C)c1. The number of fused-ring (bicyclic) bond motifs is 2. The molecule has 3 saturated heterocycles. The molecule has 7 fully saturated rings. The van der Waals surface area contributed by atoms with Gasteiger partial charge in [-0.1, -0.05) is 85.4 Å². The molecule has 4 aliphatic carbocycles. The largest absolute Gasteiger partial charge is 0.502 e. The second kappa shape index (κ2) is 42.2. The molecule has 3 aromatic rings. The molecule has 4 saturated carbocycles. The van der Waals surface area contributed by atoms with Crippen LogP contribution in [0.3, 0.4) is 0 Å². The van der Waals surface area contributed by atoms with Gasteiger partial charge in [-0.3, -0.25) is 28.8 Å². The zero-order valence-corrected chi connectivity index (χ0v) is 70.2. The van der Waals surface area contributed by atoms with E-state index in [1.54, 1.807) is 16.8 Å². The molecule has 11 rings (SSSR count). The summed E-state index contributed by atoms with van der Waals surface area (Å²) in [6.45, 7) is 28.9. The van der Waals surface area contributed by atoms with Crippen molar-refractivity contribution in [3.8, 4) is 5.75 Å². The molecule has 24 nitrogen and oxygen atoms in total. The molecule has 27 heteroatoms. The number of allylic oxidation sites excluding steroid dienone is 4. The van der Waals surface area contributed by atoms with Crippen LogP contribution in [0.5, 0.6) is 5.75 Å². The summed E-state index contributed by atoms with van der Waals surface area (Å²) >= 11 is -2.03. The van der Waals surface area contributed by atoms with Crippen molar-refractivity contribution in [2.75, 3.05) is 50.2 Å². The van der Waals surface area contributed by atoms with Crippen LogP contribution in [0.25, 0.3) is 0 Å². The van der Waals surface area contributed by atoms with Crippen LogP contribution in [0.1, 0.15) is 207 Å². The van der Waals surface area contributed by atoms with Gasteiger partial charge < -0.3 is 59.4 Å². The number of likely N-dealkylation sites (tertiary alicyclic amines) is 1. The first-order valence-corrected chi connectivity index (χ1v) is 45.2. The third-order valence-corrected chi connectivity index (χ3v) is 24.4. The van der Waals surface area contributed by atoms with E-state index in [1.165, 1.54) is 80.9 Å². The molecular formula is C85H119Cl2N7O17Ru. The monoisotopic (exact) mass is 1680 g/mol. The van der Waals surface area contributed by atoms with Gasteiger partial charge in [0, 0.05) is 63.2 Å². The number of esters is 2. The number of hydrogen-bond donors (Lipinski definition) is 4. The number of alkyl carbamates (subject to hydrolysis) is 2. The maximum atomic E-state index is 13.7. The van der Waals surface area contributed by atoms with Crippen LogP contribution in [0.2, 0.25) is 0 Å². The van der Waals surface area contributed by atoms with E-state index in [0.717, 1.165) is 109 Å². The number of Topliss-reactive ketones (excluding diaryl/α,β-unsaturated/α-hetero) is 2. The molecule has 3 aromatic carbocycles. The third-order valence-electron chi connectivity index (χ3n) is 22.6. The van der Waals surface area contributed by atoms with Gasteiger partial charge in [-0.05, 0) is 178 Å². The number of anilines is 2. The Labute approximate surface area is 674 Å². The van der Waals surface area contributed by atoms with Gasteiger partial charge in [0.05, 0.1) is 49.3 Å². The number of benzene rings is 3. The number of nitro groups is 1. The summed E-state index contributed by atoms with van der Waals surface area (Å²) in [5.41, 5.74) is 9.64. The van der Waals surface area contributed by atoms with Gasteiger partial charge in [0.1, 0.15) is 24.3 Å². The summed E-state index contributed by atoms with van der Waals surface area (Å²) in [7, 11) is 14.2. The van der Waals surface area contributed by atoms with Crippen LogP contribution in [-0.2, 0) is 61.2 Å². The third kappa shape index (κ3) is 24.5. The number of β-amino-alcohol motifs (C(OH)–C–C–N with tert-alkyl or cyclic N) is 1. The molecule has 8 aliphatic rings. The Morgan fingerprint density at radius 3 is 1.88 bits per heavy atom. The summed E-state index contributed by atoms with van der Waals surface area (Å²) in [6.07, 6.45) is 20.6. The van der Waals surface area contributed by atoms with Crippen LogP contribution in [0.15, 0.2) is 79.9 Å². The number of halogens is 2. The predicted octanol–water partition coefficient (Wildman–Crippen LogP) is 14.4. The molecule has 5 N–H and O–H groups in total. The number of nitrogens with zero attached hydrogens (tertiary/aromatic N) is 5. The number of rotatable bonds is 23. The zero-order valence-electron chi connectivity index (χ0n) is 67.0. The molecule has 112 heavy (non-hydrogen) atoms. The quantitative estimate of drug-likeness (QED) is 0.00789. The average Bonchev–Trinajstić information content (AvgIpc) is 1.59. The number of aryl methyl sites for hydroxylation is 6. The summed E-state index contributed by atoms with van der Waals surface area (Å²) < 4.78 is 27.0. The number of non-ortho nitro benzene ring substituents is 1. The number of amides is 4. The van der Waals surface area contributed by atoms with Gasteiger partial charge >= 0.3 is 137 Å². The molecule has 4 heterocycles. The molecule has 4 aliphatic heterocycles. The number of carbonyl (C=O) groups is 8. The Hall–Kier alpha value is -7.57. The van der Waals surface area contributed by atoms with Gasteiger partial charge in [-0.2, -0.15) is 6.67 Å². The van der Waals surface area contributed by atoms with Gasteiger partial charge in [-0.25, -0.2) is 9.59 Å². The normalized spacial score (nSPS) is 25.0. The van der Waals surface area contributed by atoms with Crippen LogP contribution in [0.4, 0.5) is 26.7 Å². The number of nitro benzene ring substituents is 1. The molecule has 0 aromatic heterocycles. The van der Waals surface area contributed by atoms with Gasteiger partial charge in [-0.15, -0.1) is 13.2 Å². The van der Waals surface area contributed by atoms with Crippen molar-refractivity contribution in [2.45, 2.75) is 264 Å². The number of unbranched alkanes of at least 4 members (excludes halogenated alkanes) is 3. The van der Waals surface area contributed by atoms with Crippen molar-refractivity contribution >= 4 is 88.6 Å². The number of carbonyl (C=O) groups excluding carboxylic acids is 8. The smallest absolute Gasteiger partial charge is 0.408 e. The van der Waals surface area contributed by atoms with E-state index in [4.69, 9.17) is 38.3 Å². The van der Waals surface area contributed by atoms with Crippen molar-refractivity contribution in [2.24, 2.45) is 22.7 Å². The standard InChI is InChI=1S/C28H42N2O7.C26H38N2O7.C21H27N2.C10H11NO3.2ClH.Ru/c1-4-6-7-8-9-14-22(29-27(35)37-21-12-10-11-13-21)25(33)30-18-20(31)15-23(30)24(32)17-28(26(34)36-3)16-19(28)5-2;1-34-24(32)26-14-17(26)9-5-3-2-4-6-12-20(27-25(33)35-19-10-7-8-11-19)23(31)28-16-18(29)13-21(28)22(30)15-26;1-14-9-16(3)20(17(4)10-14)22-7-8-23(13-22)21-18(5)11-15(2)12-19(21)6;1-7(2)14-10-5-4-9(11(12)13)6-8(10)3;;;/h4-5,19-23,31H,1-2,6-18H2,3H3,(H,29,35);5,9,17-21,29H,2-4,6-8,10-16H2,1H3,(H,27,33);9-13H,7-8H2,1-6H3;3-7H,1-2H3;2*1H;/q;;-1;;;;+2/p-1/b;9-5-;;;;;/t19-,20-,22+,23+,28-;17-,18-,20+,21+,26-;;;;;/m11...../s1. The number of aliphatic hydroxyl groups excluding tert-OH is 2. The fourth-order valence-electron chi connectivity index (χ4n) is 17.0. The Morgan fingerprint density at radius 1 is 0.759 bits per heavy atom. The van der Waals surface area contributed by atoms with Crippen molar-refractivity contribution in [3.05, 3.63) is 136 Å². The Morgan fingerprint density at radius 2 is 1.34 bits per heavy atom. The fraction of sp³-hybridized carbons (Fsp3) is 0.600. The summed E-state index contributed by atoms with van der Waals surface area (Å²) in [5, 5.41) is 36.9. The molecule has 0 unspecified atom stereocenters. The number of nitrogens with one attached hydrogen (secondary N) is 2. The van der Waals surface area contributed by atoms with Crippen molar-refractivity contribution in [1.82, 2.24) is 20.4 Å². The minimum Gasteiger partial charge on any atom is -0.502 e. The minimum absolute atomic E-state index is 0.00231. The Kier molecular flexibility index (Phi) is 33.9. The van der Waals surface area contributed by atoms with Crippen molar-refractivity contribution in [3.63, 3.8) is 0 Å². The van der Waals surface area contributed by atoms with E-state index < -0.39 is 95.7 Å². The molecule has 10 atom stereocenters. The van der Waals surface area contributed by atoms with Crippen molar-refractivity contribution in [1.29, 1.82) is 0 Å². The van der Waals surface area contributed by atoms with Crippen LogP contribution < -0.4 is 20.4 Å². The molecule has 0 bridgehead atoms. The van der Waals surface area contributed by atoms with E-state index in [9.17, 15) is 58.7 Å². The van der Waals surface area contributed by atoms with E-state index >= 15 is 0 Å². The zero-order chi connectivity index (χ0) is 81.7. The number of ether oxygens (including phenoxy) is 5. The Balaban J connectivity index is 0.000000195. The number of ketones is 2. The van der Waals surface area contributed by atoms with Crippen molar-refractivity contribution < 1.29 is 90.7 Å². The first-order valence-electron chi connectivity index (χ1n) is 39.8. The predicted molar refractivity (Wildman–Crippen MR) is 431 cm³/mol. The van der Waals surface area contributed by atoms with Gasteiger partial charge in [0.2, 0.25) is 11.8 Å². The summed E-state index contributed by atoms with van der Waals surface area (Å²) in [4.78, 5) is 122. The van der Waals surface area contributed by atoms with Gasteiger partial charge in [0.15, 0.2) is 11.6 Å². The number of hydrogen-bond acceptors (Lipinski definition) is 18. The molecule has 0 spiro atoms. The van der Waals surface area contributed by atoms with E-state index in [1.807, 2.05) is 26.0 Å². The number of methoxy groups -OCH3 is 2. The topological polar surface area (TPSA) is 307 Å². The summed E-state index contributed by atoms with van der Waals surface area (Å²) in [6, 6.07) is 10.2. The average molecular weight is 1680 g/mol. The minimum atomic E-state index is -2.03. The first-order chi connectivity index (χ1) is 53.3. The number of aromatic hydroxyl groups is 1. The molecular weight excluding hydrogens is 1560 g/mol. The van der Waals surface area contributed by atoms with Gasteiger partial charge in [0.25, 0.3) is 0 Å². The second-order valence-electron chi connectivity index (χ2n) is 31.8. The molecule has 0 radical (unpaired) electrons. The van der Waals surface area contributed by atoms with E-state index in [-0.39, 0.29) is 92.1 Å². The van der Waals surface area contributed by atoms with Crippen LogP contribution in [-0.4, -0.2) is 177 Å². The number of aliphatic hydroxyl groups is 3. The maximum Gasteiger partial charge on any atom is 0.408 e. The van der Waals surface area contributed by atoms with E-state index in [2.05, 4.69) is 117 Å². The first kappa shape index (κ1) is 90.0. The Bertz CT molecular complexity index is 3800. The molecule has 4 amide bonds. The van der Waals surface area contributed by atoms with Crippen LogP contribution >= 0.6 is 19.4 Å². The van der Waals surface area contributed by atoms with E-state index in [0.29, 0.717) is 43.4 Å². The van der Waals surface area contributed by atoms with Crippen LogP contribution in [0, 0.1) is 81.0 Å². The summed E-state index contributed by atoms with van der Waals surface area (Å²) in [5.74, 6) is -1.73. The maximum absolute atomic E-state index is 13.7. The fourth-order valence-corrected chi connectivity index (χ4v) is 18.8. The molecule has 618 valence electrons. The second-order valence-corrected chi connectivity index (χ2v) is 37.5.